The summed E-state index contributed by atoms with van der Waals surface area (Å²) in [6, 6.07) is 12.5. The highest BCUT2D eigenvalue weighted by Gasteiger charge is 2.11. The number of benzene rings is 1. The lowest BCUT2D eigenvalue weighted by Gasteiger charge is -2.18. The molecular weight excluding hydrogens is 240 g/mol. The van der Waals surface area contributed by atoms with Gasteiger partial charge < -0.3 is 5.32 Å². The van der Waals surface area contributed by atoms with Crippen molar-refractivity contribution in [3.63, 3.8) is 0 Å². The highest BCUT2D eigenvalue weighted by molar-refractivity contribution is 7.10. The first-order valence-electron chi connectivity index (χ1n) is 6.05. The van der Waals surface area contributed by atoms with Gasteiger partial charge in [0.05, 0.1) is 17.7 Å². The molecule has 18 heavy (non-hydrogen) atoms. The molecule has 1 aromatic heterocycles. The van der Waals surface area contributed by atoms with Crippen molar-refractivity contribution in [2.75, 3.05) is 5.32 Å². The van der Waals surface area contributed by atoms with Gasteiger partial charge in [-0.3, -0.25) is 0 Å². The molecule has 0 saturated heterocycles. The molecule has 0 aliphatic heterocycles. The van der Waals surface area contributed by atoms with Crippen molar-refractivity contribution >= 4 is 17.0 Å². The highest BCUT2D eigenvalue weighted by atomic mass is 32.1. The van der Waals surface area contributed by atoms with Crippen LogP contribution in [-0.2, 0) is 0 Å². The third-order valence-corrected chi connectivity index (χ3v) is 3.97. The lowest BCUT2D eigenvalue weighted by molar-refractivity contribution is 0.763. The third-order valence-electron chi connectivity index (χ3n) is 2.98. The average molecular weight is 256 g/mol. The molecular formula is C15H16N2S. The summed E-state index contributed by atoms with van der Waals surface area (Å²) >= 11 is 1.77. The minimum absolute atomic E-state index is 0.344. The fourth-order valence-corrected chi connectivity index (χ4v) is 2.81. The fourth-order valence-electron chi connectivity index (χ4n) is 1.95. The Balaban J connectivity index is 2.20. The third kappa shape index (κ3) is 2.72. The molecule has 1 atom stereocenters. The van der Waals surface area contributed by atoms with Crippen LogP contribution in [0.15, 0.2) is 35.7 Å². The molecule has 1 unspecified atom stereocenters. The Bertz CT molecular complexity index is 552. The van der Waals surface area contributed by atoms with Crippen LogP contribution in [0, 0.1) is 18.3 Å². The first-order chi connectivity index (χ1) is 8.74. The highest BCUT2D eigenvalue weighted by Crippen LogP contribution is 2.27. The average Bonchev–Trinajstić information content (AvgIpc) is 2.91. The summed E-state index contributed by atoms with van der Waals surface area (Å²) in [6.45, 7) is 4.21. The number of nitriles is 1. The Kier molecular flexibility index (Phi) is 4.01. The van der Waals surface area contributed by atoms with E-state index in [2.05, 4.69) is 35.8 Å². The Morgan fingerprint density at radius 3 is 2.78 bits per heavy atom. The maximum Gasteiger partial charge on any atom is 0.0991 e. The Morgan fingerprint density at radius 2 is 2.22 bits per heavy atom. The maximum atomic E-state index is 8.86. The Morgan fingerprint density at radius 1 is 1.39 bits per heavy atom. The number of hydrogen-bond donors (Lipinski definition) is 1. The van der Waals surface area contributed by atoms with Crippen LogP contribution in [0.5, 0.6) is 0 Å². The number of rotatable bonds is 4. The molecule has 2 aromatic rings. The zero-order valence-electron chi connectivity index (χ0n) is 10.6. The molecule has 92 valence electrons. The molecule has 3 heteroatoms. The Hall–Kier alpha value is -1.79. The first kappa shape index (κ1) is 12.7. The van der Waals surface area contributed by atoms with Crippen LogP contribution in [0.25, 0.3) is 0 Å². The first-order valence-corrected chi connectivity index (χ1v) is 6.93. The monoisotopic (exact) mass is 256 g/mol. The van der Waals surface area contributed by atoms with Crippen LogP contribution in [0.2, 0.25) is 0 Å². The molecule has 0 spiro atoms. The van der Waals surface area contributed by atoms with E-state index in [1.54, 1.807) is 11.3 Å². The summed E-state index contributed by atoms with van der Waals surface area (Å²) < 4.78 is 0. The molecule has 0 bridgehead atoms. The molecule has 1 heterocycles. The van der Waals surface area contributed by atoms with E-state index in [1.165, 1.54) is 4.88 Å². The second-order valence-corrected chi connectivity index (χ2v) is 5.24. The molecule has 0 radical (unpaired) electrons. The Labute approximate surface area is 112 Å². The quantitative estimate of drug-likeness (QED) is 0.874. The van der Waals surface area contributed by atoms with E-state index in [4.69, 9.17) is 5.26 Å². The number of anilines is 1. The van der Waals surface area contributed by atoms with Crippen LogP contribution in [0.1, 0.15) is 35.4 Å². The second kappa shape index (κ2) is 5.70. The van der Waals surface area contributed by atoms with E-state index in [1.807, 2.05) is 25.1 Å². The van der Waals surface area contributed by atoms with Gasteiger partial charge in [-0.25, -0.2) is 0 Å². The van der Waals surface area contributed by atoms with Crippen molar-refractivity contribution in [1.82, 2.24) is 0 Å². The van der Waals surface area contributed by atoms with E-state index in [0.717, 1.165) is 17.7 Å². The summed E-state index contributed by atoms with van der Waals surface area (Å²) in [7, 11) is 0. The SMILES string of the molecule is CCC(Nc1ccc(C#N)cc1C)c1cccs1. The van der Waals surface area contributed by atoms with Crippen LogP contribution < -0.4 is 5.32 Å². The van der Waals surface area contributed by atoms with Crippen LogP contribution in [-0.4, -0.2) is 0 Å². The van der Waals surface area contributed by atoms with Gasteiger partial charge in [0.2, 0.25) is 0 Å². The van der Waals surface area contributed by atoms with Crippen molar-refractivity contribution in [2.24, 2.45) is 0 Å². The molecule has 0 aliphatic rings. The molecule has 2 rings (SSSR count). The molecule has 0 amide bonds. The zero-order valence-corrected chi connectivity index (χ0v) is 11.4. The van der Waals surface area contributed by atoms with E-state index < -0.39 is 0 Å². The van der Waals surface area contributed by atoms with Gasteiger partial charge in [0.15, 0.2) is 0 Å². The van der Waals surface area contributed by atoms with Crippen molar-refractivity contribution in [3.8, 4) is 6.07 Å². The number of hydrogen-bond acceptors (Lipinski definition) is 3. The van der Waals surface area contributed by atoms with Gasteiger partial charge in [0.1, 0.15) is 0 Å². The molecule has 0 saturated carbocycles. The van der Waals surface area contributed by atoms with Gasteiger partial charge in [0.25, 0.3) is 0 Å². The predicted molar refractivity (Wildman–Crippen MR) is 76.9 cm³/mol. The minimum Gasteiger partial charge on any atom is -0.377 e. The van der Waals surface area contributed by atoms with E-state index in [-0.39, 0.29) is 0 Å². The zero-order chi connectivity index (χ0) is 13.0. The van der Waals surface area contributed by atoms with Gasteiger partial charge in [-0.15, -0.1) is 11.3 Å². The van der Waals surface area contributed by atoms with Crippen LogP contribution in [0.3, 0.4) is 0 Å². The predicted octanol–water partition coefficient (Wildman–Crippen LogP) is 4.49. The molecule has 1 N–H and O–H groups in total. The van der Waals surface area contributed by atoms with Crippen molar-refractivity contribution < 1.29 is 0 Å². The van der Waals surface area contributed by atoms with E-state index >= 15 is 0 Å². The summed E-state index contributed by atoms with van der Waals surface area (Å²) in [5, 5.41) is 14.5. The summed E-state index contributed by atoms with van der Waals surface area (Å²) in [6.07, 6.45) is 1.04. The lowest BCUT2D eigenvalue weighted by Crippen LogP contribution is -2.09. The minimum atomic E-state index is 0.344. The largest absolute Gasteiger partial charge is 0.377 e. The van der Waals surface area contributed by atoms with Gasteiger partial charge >= 0.3 is 0 Å². The topological polar surface area (TPSA) is 35.8 Å². The normalized spacial score (nSPS) is 11.8. The molecule has 1 aromatic carbocycles. The standard InChI is InChI=1S/C15H16N2S/c1-3-13(15-5-4-8-18-15)17-14-7-6-12(10-16)9-11(14)2/h4-9,13,17H,3H2,1-2H3. The van der Waals surface area contributed by atoms with E-state index in [9.17, 15) is 0 Å². The van der Waals surface area contributed by atoms with Crippen LogP contribution in [0.4, 0.5) is 5.69 Å². The van der Waals surface area contributed by atoms with Crippen molar-refractivity contribution in [2.45, 2.75) is 26.3 Å². The summed E-state index contributed by atoms with van der Waals surface area (Å²) in [5.74, 6) is 0. The van der Waals surface area contributed by atoms with E-state index in [0.29, 0.717) is 11.6 Å². The number of aryl methyl sites for hydroxylation is 1. The maximum absolute atomic E-state index is 8.86. The van der Waals surface area contributed by atoms with Gasteiger partial charge in [0, 0.05) is 10.6 Å². The summed E-state index contributed by atoms with van der Waals surface area (Å²) in [5.41, 5.74) is 2.93. The fraction of sp³-hybridized carbons (Fsp3) is 0.267. The lowest BCUT2D eigenvalue weighted by atomic mass is 10.1. The van der Waals surface area contributed by atoms with Gasteiger partial charge in [-0.05, 0) is 48.6 Å². The molecule has 0 fully saturated rings. The summed E-state index contributed by atoms with van der Waals surface area (Å²) in [4.78, 5) is 1.35. The van der Waals surface area contributed by atoms with Gasteiger partial charge in [-0.2, -0.15) is 5.26 Å². The van der Waals surface area contributed by atoms with Crippen LogP contribution >= 0.6 is 11.3 Å². The smallest absolute Gasteiger partial charge is 0.0991 e. The number of thiophene rings is 1. The van der Waals surface area contributed by atoms with Gasteiger partial charge in [-0.1, -0.05) is 13.0 Å². The number of nitrogens with zero attached hydrogens (tertiary/aromatic N) is 1. The van der Waals surface area contributed by atoms with Crippen molar-refractivity contribution in [1.29, 1.82) is 5.26 Å². The second-order valence-electron chi connectivity index (χ2n) is 4.26. The van der Waals surface area contributed by atoms with Crippen molar-refractivity contribution in [3.05, 3.63) is 51.7 Å². The molecule has 2 nitrogen and oxygen atoms in total. The number of nitrogens with one attached hydrogen (secondary N) is 1. The molecule has 0 aliphatic carbocycles.